The molecular weight excluding hydrogens is 284 g/mol. The molecule has 1 unspecified atom stereocenters. The summed E-state index contributed by atoms with van der Waals surface area (Å²) in [6.45, 7) is 2.08. The lowest BCUT2D eigenvalue weighted by Crippen LogP contribution is -2.16. The van der Waals surface area contributed by atoms with Crippen LogP contribution in [0.2, 0.25) is 5.02 Å². The summed E-state index contributed by atoms with van der Waals surface area (Å²) >= 11 is 5.85. The summed E-state index contributed by atoms with van der Waals surface area (Å²) in [5, 5.41) is 0.685. The molecule has 1 aromatic heterocycles. The van der Waals surface area contributed by atoms with Crippen molar-refractivity contribution in [2.45, 2.75) is 25.8 Å². The first-order chi connectivity index (χ1) is 10.2. The van der Waals surface area contributed by atoms with Crippen LogP contribution in [0, 0.1) is 0 Å². The molecule has 0 spiro atoms. The number of benzene rings is 1. The maximum Gasteiger partial charge on any atom is 0.146 e. The molecular formula is C17H19ClN2O. The van der Waals surface area contributed by atoms with E-state index in [-0.39, 0.29) is 6.04 Å². The Morgan fingerprint density at radius 1 is 1.24 bits per heavy atom. The van der Waals surface area contributed by atoms with Crippen molar-refractivity contribution in [2.75, 3.05) is 0 Å². The van der Waals surface area contributed by atoms with Gasteiger partial charge in [0.2, 0.25) is 0 Å². The standard InChI is InChI=1S/C17H19ClN2O/c1-2-15(19)5-3-4-13-10-17(12-20-11-13)21-16-8-6-14(18)7-9-16/h3-4,6-12,15H,2,5,19H2,1H3. The lowest BCUT2D eigenvalue weighted by atomic mass is 10.1. The Balaban J connectivity index is 2.02. The van der Waals surface area contributed by atoms with Crippen LogP contribution in [0.25, 0.3) is 6.08 Å². The van der Waals surface area contributed by atoms with Crippen LogP contribution in [-0.2, 0) is 0 Å². The summed E-state index contributed by atoms with van der Waals surface area (Å²) in [7, 11) is 0. The van der Waals surface area contributed by atoms with Crippen molar-refractivity contribution >= 4 is 17.7 Å². The molecule has 0 aliphatic heterocycles. The number of nitrogens with zero attached hydrogens (tertiary/aromatic N) is 1. The van der Waals surface area contributed by atoms with Crippen molar-refractivity contribution in [1.82, 2.24) is 4.98 Å². The van der Waals surface area contributed by atoms with Gasteiger partial charge in [-0.2, -0.15) is 0 Å². The minimum Gasteiger partial charge on any atom is -0.456 e. The molecule has 2 rings (SSSR count). The van der Waals surface area contributed by atoms with E-state index in [4.69, 9.17) is 22.1 Å². The Bertz CT molecular complexity index is 596. The topological polar surface area (TPSA) is 48.1 Å². The molecule has 0 aliphatic carbocycles. The van der Waals surface area contributed by atoms with E-state index < -0.39 is 0 Å². The molecule has 1 heterocycles. The van der Waals surface area contributed by atoms with Crippen LogP contribution in [0.15, 0.2) is 48.8 Å². The predicted molar refractivity (Wildman–Crippen MR) is 87.7 cm³/mol. The van der Waals surface area contributed by atoms with Crippen molar-refractivity contribution in [2.24, 2.45) is 5.73 Å². The highest BCUT2D eigenvalue weighted by atomic mass is 35.5. The zero-order chi connectivity index (χ0) is 15.1. The van der Waals surface area contributed by atoms with E-state index in [1.165, 1.54) is 0 Å². The van der Waals surface area contributed by atoms with Crippen molar-refractivity contribution in [1.29, 1.82) is 0 Å². The average molecular weight is 303 g/mol. The van der Waals surface area contributed by atoms with Gasteiger partial charge in [-0.25, -0.2) is 0 Å². The summed E-state index contributed by atoms with van der Waals surface area (Å²) in [6.07, 6.45) is 9.39. The maximum absolute atomic E-state index is 5.88. The second kappa shape index (κ2) is 7.81. The molecule has 1 atom stereocenters. The minimum atomic E-state index is 0.211. The molecule has 110 valence electrons. The Kier molecular flexibility index (Phi) is 5.78. The summed E-state index contributed by atoms with van der Waals surface area (Å²) < 4.78 is 5.74. The molecule has 2 aromatic rings. The molecule has 1 aromatic carbocycles. The van der Waals surface area contributed by atoms with Crippen molar-refractivity contribution in [3.8, 4) is 11.5 Å². The molecule has 0 saturated carbocycles. The number of halogens is 1. The number of hydrogen-bond donors (Lipinski definition) is 1. The van der Waals surface area contributed by atoms with Crippen molar-refractivity contribution in [3.63, 3.8) is 0 Å². The third-order valence-corrected chi connectivity index (χ3v) is 3.31. The number of nitrogens with two attached hydrogens (primary N) is 1. The highest BCUT2D eigenvalue weighted by Gasteiger charge is 1.99. The Morgan fingerprint density at radius 3 is 2.71 bits per heavy atom. The van der Waals surface area contributed by atoms with Gasteiger partial charge in [-0.05, 0) is 48.7 Å². The first-order valence-corrected chi connectivity index (χ1v) is 7.35. The lowest BCUT2D eigenvalue weighted by molar-refractivity contribution is 0.480. The number of pyridine rings is 1. The van der Waals surface area contributed by atoms with Gasteiger partial charge in [0.15, 0.2) is 0 Å². The second-order valence-corrected chi connectivity index (χ2v) is 5.25. The zero-order valence-corrected chi connectivity index (χ0v) is 12.8. The number of rotatable bonds is 6. The molecule has 2 N–H and O–H groups in total. The molecule has 3 nitrogen and oxygen atoms in total. The maximum atomic E-state index is 5.88. The normalized spacial score (nSPS) is 12.5. The van der Waals surface area contributed by atoms with Gasteiger partial charge in [-0.3, -0.25) is 4.98 Å². The van der Waals surface area contributed by atoms with Gasteiger partial charge in [0.25, 0.3) is 0 Å². The molecule has 0 saturated heterocycles. The average Bonchev–Trinajstić information content (AvgIpc) is 2.50. The van der Waals surface area contributed by atoms with E-state index in [0.29, 0.717) is 10.8 Å². The Hall–Kier alpha value is -1.84. The lowest BCUT2D eigenvalue weighted by Gasteiger charge is -2.06. The monoisotopic (exact) mass is 302 g/mol. The quantitative estimate of drug-likeness (QED) is 0.843. The zero-order valence-electron chi connectivity index (χ0n) is 12.0. The molecule has 0 amide bonds. The van der Waals surface area contributed by atoms with Crippen LogP contribution >= 0.6 is 11.6 Å². The van der Waals surface area contributed by atoms with Crippen molar-refractivity contribution in [3.05, 3.63) is 59.4 Å². The van der Waals surface area contributed by atoms with Gasteiger partial charge in [0.1, 0.15) is 11.5 Å². The molecule has 4 heteroatoms. The van der Waals surface area contributed by atoms with E-state index in [9.17, 15) is 0 Å². The summed E-state index contributed by atoms with van der Waals surface area (Å²) in [5.41, 5.74) is 6.87. The van der Waals surface area contributed by atoms with Crippen molar-refractivity contribution < 1.29 is 4.74 Å². The largest absolute Gasteiger partial charge is 0.456 e. The van der Waals surface area contributed by atoms with Crippen LogP contribution in [0.5, 0.6) is 11.5 Å². The minimum absolute atomic E-state index is 0.211. The third-order valence-electron chi connectivity index (χ3n) is 3.06. The van der Waals surface area contributed by atoms with Crippen LogP contribution in [0.3, 0.4) is 0 Å². The highest BCUT2D eigenvalue weighted by molar-refractivity contribution is 6.30. The van der Waals surface area contributed by atoms with Crippen LogP contribution in [-0.4, -0.2) is 11.0 Å². The summed E-state index contributed by atoms with van der Waals surface area (Å²) in [4.78, 5) is 4.18. The molecule has 0 bridgehead atoms. The Morgan fingerprint density at radius 2 is 2.00 bits per heavy atom. The smallest absolute Gasteiger partial charge is 0.146 e. The van der Waals surface area contributed by atoms with E-state index in [0.717, 1.165) is 24.2 Å². The first kappa shape index (κ1) is 15.5. The van der Waals surface area contributed by atoms with E-state index in [2.05, 4.69) is 18.0 Å². The highest BCUT2D eigenvalue weighted by Crippen LogP contribution is 2.23. The van der Waals surface area contributed by atoms with E-state index >= 15 is 0 Å². The first-order valence-electron chi connectivity index (χ1n) is 6.98. The van der Waals surface area contributed by atoms with Gasteiger partial charge in [-0.1, -0.05) is 30.7 Å². The summed E-state index contributed by atoms with van der Waals surface area (Å²) in [5.74, 6) is 1.43. The Labute approximate surface area is 130 Å². The van der Waals surface area contributed by atoms with Crippen LogP contribution in [0.1, 0.15) is 25.3 Å². The van der Waals surface area contributed by atoms with E-state index in [1.807, 2.05) is 24.3 Å². The van der Waals surface area contributed by atoms with E-state index in [1.54, 1.807) is 24.5 Å². The molecule has 0 radical (unpaired) electrons. The fourth-order valence-corrected chi connectivity index (χ4v) is 1.89. The number of ether oxygens (including phenoxy) is 1. The van der Waals surface area contributed by atoms with Crippen LogP contribution in [0.4, 0.5) is 0 Å². The van der Waals surface area contributed by atoms with Gasteiger partial charge in [0, 0.05) is 17.3 Å². The SMILES string of the molecule is CCC(N)CC=Cc1cncc(Oc2ccc(Cl)cc2)c1. The van der Waals surface area contributed by atoms with Crippen LogP contribution < -0.4 is 10.5 Å². The fraction of sp³-hybridized carbons (Fsp3) is 0.235. The molecule has 0 aliphatic rings. The molecule has 21 heavy (non-hydrogen) atoms. The molecule has 0 fully saturated rings. The predicted octanol–water partition coefficient (Wildman–Crippen LogP) is 4.67. The van der Waals surface area contributed by atoms with Gasteiger partial charge in [-0.15, -0.1) is 0 Å². The number of hydrogen-bond acceptors (Lipinski definition) is 3. The van der Waals surface area contributed by atoms with Gasteiger partial charge >= 0.3 is 0 Å². The second-order valence-electron chi connectivity index (χ2n) is 4.82. The fourth-order valence-electron chi connectivity index (χ4n) is 1.77. The van der Waals surface area contributed by atoms with Gasteiger partial charge < -0.3 is 10.5 Å². The summed E-state index contributed by atoms with van der Waals surface area (Å²) in [6, 6.07) is 9.38. The van der Waals surface area contributed by atoms with Gasteiger partial charge in [0.05, 0.1) is 6.20 Å². The third kappa shape index (κ3) is 5.21. The number of aromatic nitrogens is 1.